The summed E-state index contributed by atoms with van der Waals surface area (Å²) in [6.07, 6.45) is 3.41. The average Bonchev–Trinajstić information content (AvgIpc) is 2.18. The smallest absolute Gasteiger partial charge is 0.254 e. The maximum Gasteiger partial charge on any atom is 0.254 e. The van der Waals surface area contributed by atoms with Crippen molar-refractivity contribution in [2.45, 2.75) is 24.5 Å². The molecule has 0 aromatic carbocycles. The molecule has 2 heterocycles. The lowest BCUT2D eigenvalue weighted by atomic mass is 10.2. The molecular weight excluding hydrogens is 200 g/mol. The van der Waals surface area contributed by atoms with E-state index < -0.39 is 0 Å². The Kier molecular flexibility index (Phi) is 2.77. The van der Waals surface area contributed by atoms with E-state index in [0.717, 1.165) is 24.7 Å². The van der Waals surface area contributed by atoms with Gasteiger partial charge in [-0.1, -0.05) is 6.42 Å². The zero-order chi connectivity index (χ0) is 9.97. The van der Waals surface area contributed by atoms with E-state index in [4.69, 9.17) is 0 Å². The highest BCUT2D eigenvalue weighted by Crippen LogP contribution is 2.36. The fourth-order valence-electron chi connectivity index (χ4n) is 1.57. The molecule has 0 bridgehead atoms. The van der Waals surface area contributed by atoms with Gasteiger partial charge in [0.15, 0.2) is 0 Å². The zero-order valence-electron chi connectivity index (χ0n) is 7.69. The first-order chi connectivity index (χ1) is 6.75. The van der Waals surface area contributed by atoms with Crippen LogP contribution in [0.5, 0.6) is 5.88 Å². The molecule has 1 aromatic heterocycles. The first-order valence-electron chi connectivity index (χ1n) is 4.67. The van der Waals surface area contributed by atoms with Crippen LogP contribution < -0.4 is 5.56 Å². The SMILES string of the molecule is O=c1cc(O)nc(C2CCCCS2)[nH]1. The lowest BCUT2D eigenvalue weighted by Gasteiger charge is -2.19. The molecule has 1 aromatic rings. The average molecular weight is 212 g/mol. The second kappa shape index (κ2) is 4.04. The molecule has 5 heteroatoms. The molecule has 0 radical (unpaired) electrons. The van der Waals surface area contributed by atoms with Crippen LogP contribution in [0, 0.1) is 0 Å². The molecule has 0 amide bonds. The Morgan fingerprint density at radius 2 is 2.43 bits per heavy atom. The number of aromatic hydroxyl groups is 1. The largest absolute Gasteiger partial charge is 0.493 e. The molecule has 76 valence electrons. The molecule has 1 aliphatic rings. The Hall–Kier alpha value is -0.970. The van der Waals surface area contributed by atoms with Crippen LogP contribution in [0.4, 0.5) is 0 Å². The number of aromatic nitrogens is 2. The maximum absolute atomic E-state index is 11.1. The number of nitrogens with one attached hydrogen (secondary N) is 1. The Morgan fingerprint density at radius 3 is 3.07 bits per heavy atom. The van der Waals surface area contributed by atoms with Gasteiger partial charge >= 0.3 is 0 Å². The summed E-state index contributed by atoms with van der Waals surface area (Å²) in [6, 6.07) is 1.09. The van der Waals surface area contributed by atoms with Crippen LogP contribution in [0.25, 0.3) is 0 Å². The molecule has 0 saturated carbocycles. The molecule has 2 N–H and O–H groups in total. The zero-order valence-corrected chi connectivity index (χ0v) is 8.51. The highest BCUT2D eigenvalue weighted by molar-refractivity contribution is 7.99. The van der Waals surface area contributed by atoms with Crippen LogP contribution in [-0.4, -0.2) is 20.8 Å². The Bertz CT molecular complexity index is 371. The number of nitrogens with zero attached hydrogens (tertiary/aromatic N) is 1. The summed E-state index contributed by atoms with van der Waals surface area (Å²) >= 11 is 1.79. The van der Waals surface area contributed by atoms with Gasteiger partial charge in [-0.25, -0.2) is 0 Å². The monoisotopic (exact) mass is 212 g/mol. The first-order valence-corrected chi connectivity index (χ1v) is 5.72. The topological polar surface area (TPSA) is 66.0 Å². The second-order valence-corrected chi connectivity index (χ2v) is 4.65. The first kappa shape index (κ1) is 9.58. The van der Waals surface area contributed by atoms with Gasteiger partial charge in [0.2, 0.25) is 5.88 Å². The van der Waals surface area contributed by atoms with Crippen molar-refractivity contribution in [3.63, 3.8) is 0 Å². The van der Waals surface area contributed by atoms with Crippen molar-refractivity contribution in [2.24, 2.45) is 0 Å². The van der Waals surface area contributed by atoms with E-state index in [9.17, 15) is 9.90 Å². The number of H-pyrrole nitrogens is 1. The van der Waals surface area contributed by atoms with Crippen LogP contribution in [0.1, 0.15) is 30.3 Å². The van der Waals surface area contributed by atoms with E-state index in [0.29, 0.717) is 5.82 Å². The van der Waals surface area contributed by atoms with Gasteiger partial charge in [0, 0.05) is 0 Å². The van der Waals surface area contributed by atoms with Crippen LogP contribution >= 0.6 is 11.8 Å². The lowest BCUT2D eigenvalue weighted by Crippen LogP contribution is -2.13. The minimum Gasteiger partial charge on any atom is -0.493 e. The molecule has 0 aliphatic carbocycles. The molecule has 1 unspecified atom stereocenters. The molecule has 1 fully saturated rings. The maximum atomic E-state index is 11.1. The van der Waals surface area contributed by atoms with Crippen molar-refractivity contribution in [2.75, 3.05) is 5.75 Å². The van der Waals surface area contributed by atoms with Crippen molar-refractivity contribution in [3.05, 3.63) is 22.2 Å². The minimum atomic E-state index is -0.279. The number of hydrogen-bond donors (Lipinski definition) is 2. The summed E-state index contributed by atoms with van der Waals surface area (Å²) in [6.45, 7) is 0. The molecule has 1 atom stereocenters. The summed E-state index contributed by atoms with van der Waals surface area (Å²) in [5, 5.41) is 9.42. The third-order valence-electron chi connectivity index (χ3n) is 2.23. The van der Waals surface area contributed by atoms with Gasteiger partial charge in [0.1, 0.15) is 5.82 Å². The lowest BCUT2D eigenvalue weighted by molar-refractivity contribution is 0.446. The second-order valence-electron chi connectivity index (χ2n) is 3.34. The van der Waals surface area contributed by atoms with Crippen molar-refractivity contribution >= 4 is 11.8 Å². The van der Waals surface area contributed by atoms with Crippen molar-refractivity contribution in [3.8, 4) is 5.88 Å². The van der Waals surface area contributed by atoms with Crippen LogP contribution in [0.2, 0.25) is 0 Å². The highest BCUT2D eigenvalue weighted by atomic mass is 32.2. The molecule has 4 nitrogen and oxygen atoms in total. The van der Waals surface area contributed by atoms with E-state index in [-0.39, 0.29) is 16.7 Å². The molecule has 14 heavy (non-hydrogen) atoms. The predicted molar refractivity (Wildman–Crippen MR) is 55.6 cm³/mol. The normalized spacial score (nSPS) is 22.1. The van der Waals surface area contributed by atoms with Gasteiger partial charge in [0.05, 0.1) is 11.3 Å². The van der Waals surface area contributed by atoms with Gasteiger partial charge in [-0.15, -0.1) is 0 Å². The number of rotatable bonds is 1. The van der Waals surface area contributed by atoms with Crippen molar-refractivity contribution in [1.82, 2.24) is 9.97 Å². The van der Waals surface area contributed by atoms with Gasteiger partial charge in [0.25, 0.3) is 5.56 Å². The van der Waals surface area contributed by atoms with Gasteiger partial charge in [-0.2, -0.15) is 16.7 Å². The van der Waals surface area contributed by atoms with Crippen LogP contribution in [0.3, 0.4) is 0 Å². The Labute approximate surface area is 85.8 Å². The van der Waals surface area contributed by atoms with Crippen molar-refractivity contribution < 1.29 is 5.11 Å². The van der Waals surface area contributed by atoms with Crippen LogP contribution in [-0.2, 0) is 0 Å². The minimum absolute atomic E-state index is 0.185. The summed E-state index contributed by atoms with van der Waals surface area (Å²) in [4.78, 5) is 17.7. The van der Waals surface area contributed by atoms with E-state index in [1.54, 1.807) is 11.8 Å². The predicted octanol–water partition coefficient (Wildman–Crippen LogP) is 1.43. The van der Waals surface area contributed by atoms with E-state index in [1.165, 1.54) is 6.42 Å². The fraction of sp³-hybridized carbons (Fsp3) is 0.556. The van der Waals surface area contributed by atoms with E-state index in [1.807, 2.05) is 0 Å². The third-order valence-corrected chi connectivity index (χ3v) is 3.62. The standard InChI is InChI=1S/C9H12N2O2S/c12-7-5-8(13)11-9(10-7)6-3-1-2-4-14-6/h5-6H,1-4H2,(H2,10,11,12,13). The summed E-state index contributed by atoms with van der Waals surface area (Å²) < 4.78 is 0. The van der Waals surface area contributed by atoms with Crippen LogP contribution in [0.15, 0.2) is 10.9 Å². The Balaban J connectivity index is 2.26. The fourth-order valence-corrected chi connectivity index (χ4v) is 2.83. The molecular formula is C9H12N2O2S. The summed E-state index contributed by atoms with van der Waals surface area (Å²) in [5.41, 5.74) is -0.279. The summed E-state index contributed by atoms with van der Waals surface area (Å²) in [5.74, 6) is 1.53. The number of hydrogen-bond acceptors (Lipinski definition) is 4. The Morgan fingerprint density at radius 1 is 1.57 bits per heavy atom. The molecule has 1 aliphatic heterocycles. The van der Waals surface area contributed by atoms with Gasteiger partial charge in [-0.3, -0.25) is 4.79 Å². The van der Waals surface area contributed by atoms with E-state index >= 15 is 0 Å². The highest BCUT2D eigenvalue weighted by Gasteiger charge is 2.18. The van der Waals surface area contributed by atoms with Gasteiger partial charge in [-0.05, 0) is 18.6 Å². The number of aromatic amines is 1. The third kappa shape index (κ3) is 2.09. The molecule has 1 saturated heterocycles. The molecule has 0 spiro atoms. The van der Waals surface area contributed by atoms with Crippen molar-refractivity contribution in [1.29, 1.82) is 0 Å². The van der Waals surface area contributed by atoms with E-state index in [2.05, 4.69) is 9.97 Å². The number of thioether (sulfide) groups is 1. The quantitative estimate of drug-likeness (QED) is 0.739. The molecule has 2 rings (SSSR count). The summed E-state index contributed by atoms with van der Waals surface area (Å²) in [7, 11) is 0. The van der Waals surface area contributed by atoms with Gasteiger partial charge < -0.3 is 10.1 Å².